The molecule has 0 radical (unpaired) electrons. The molecule has 0 aliphatic carbocycles. The van der Waals surface area contributed by atoms with Crippen LogP contribution in [0.3, 0.4) is 0 Å². The molecule has 20 heavy (non-hydrogen) atoms. The molecular weight excluding hydrogens is 298 g/mol. The maximum atomic E-state index is 12.5. The van der Waals surface area contributed by atoms with E-state index in [1.807, 2.05) is 0 Å². The van der Waals surface area contributed by atoms with Gasteiger partial charge in [-0.1, -0.05) is 23.8 Å². The normalized spacial score (nSPS) is 12.0. The predicted molar refractivity (Wildman–Crippen MR) is 80.5 cm³/mol. The molecule has 0 bridgehead atoms. The molecule has 1 aromatic rings. The van der Waals surface area contributed by atoms with Crippen molar-refractivity contribution in [2.24, 2.45) is 0 Å². The summed E-state index contributed by atoms with van der Waals surface area (Å²) < 4.78 is 23.5. The minimum absolute atomic E-state index is 0.0670. The number of carbonyl (C=O) groups is 1. The first-order valence-electron chi connectivity index (χ1n) is 6.02. The number of hydrogen-bond acceptors (Lipinski definition) is 3. The van der Waals surface area contributed by atoms with Gasteiger partial charge in [-0.25, -0.2) is 8.42 Å². The van der Waals surface area contributed by atoms with Gasteiger partial charge in [-0.05, 0) is 45.0 Å². The van der Waals surface area contributed by atoms with E-state index in [1.165, 1.54) is 38.1 Å². The van der Waals surface area contributed by atoms with E-state index in [0.29, 0.717) is 5.02 Å². The van der Waals surface area contributed by atoms with Crippen LogP contribution < -0.4 is 5.32 Å². The van der Waals surface area contributed by atoms with Gasteiger partial charge in [-0.3, -0.25) is 4.79 Å². The Bertz CT molecular complexity index is 618. The maximum absolute atomic E-state index is 12.5. The summed E-state index contributed by atoms with van der Waals surface area (Å²) in [4.78, 5) is 12.2. The van der Waals surface area contributed by atoms with Gasteiger partial charge in [0, 0.05) is 11.6 Å². The highest BCUT2D eigenvalue weighted by molar-refractivity contribution is 7.93. The van der Waals surface area contributed by atoms with Crippen molar-refractivity contribution in [3.05, 3.63) is 41.4 Å². The van der Waals surface area contributed by atoms with Crippen molar-refractivity contribution in [3.63, 3.8) is 0 Å². The Morgan fingerprint density at radius 2 is 1.80 bits per heavy atom. The molecule has 0 spiro atoms. The maximum Gasteiger partial charge on any atom is 0.241 e. The lowest BCUT2D eigenvalue weighted by Gasteiger charge is -2.24. The molecular formula is C14H18ClNO3S. The van der Waals surface area contributed by atoms with E-state index in [4.69, 9.17) is 11.6 Å². The fraction of sp³-hybridized carbons (Fsp3) is 0.357. The molecule has 0 atom stereocenters. The summed E-state index contributed by atoms with van der Waals surface area (Å²) in [6, 6.07) is 5.75. The number of sulfone groups is 1. The van der Waals surface area contributed by atoms with Crippen LogP contribution in [0.25, 0.3) is 0 Å². The van der Waals surface area contributed by atoms with Crippen LogP contribution in [0.4, 0.5) is 0 Å². The van der Waals surface area contributed by atoms with Crippen molar-refractivity contribution in [1.29, 1.82) is 0 Å². The minimum atomic E-state index is -3.80. The highest BCUT2D eigenvalue weighted by Gasteiger charge is 2.42. The number of carbonyl (C=O) groups excluding carboxylic acids is 1. The predicted octanol–water partition coefficient (Wildman–Crippen LogP) is 2.58. The SMILES string of the molecule is C=C(C)CNC(=O)C(C)(C)S(=O)(=O)c1ccc(Cl)cc1. The zero-order valence-corrected chi connectivity index (χ0v) is 13.3. The summed E-state index contributed by atoms with van der Waals surface area (Å²) in [7, 11) is -3.80. The number of nitrogens with one attached hydrogen (secondary N) is 1. The Labute approximate surface area is 124 Å². The summed E-state index contributed by atoms with van der Waals surface area (Å²) >= 11 is 5.74. The average Bonchev–Trinajstić information content (AvgIpc) is 2.36. The Morgan fingerprint density at radius 1 is 1.30 bits per heavy atom. The molecule has 0 saturated carbocycles. The van der Waals surface area contributed by atoms with Gasteiger partial charge in [0.25, 0.3) is 0 Å². The third kappa shape index (κ3) is 3.41. The number of amides is 1. The van der Waals surface area contributed by atoms with Crippen molar-refractivity contribution in [2.75, 3.05) is 6.54 Å². The molecule has 1 rings (SSSR count). The van der Waals surface area contributed by atoms with E-state index in [1.54, 1.807) is 6.92 Å². The molecule has 0 heterocycles. The Morgan fingerprint density at radius 3 is 2.25 bits per heavy atom. The van der Waals surface area contributed by atoms with E-state index in [9.17, 15) is 13.2 Å². The summed E-state index contributed by atoms with van der Waals surface area (Å²) in [5.74, 6) is -0.560. The quantitative estimate of drug-likeness (QED) is 0.849. The average molecular weight is 316 g/mol. The third-order valence-electron chi connectivity index (χ3n) is 2.89. The lowest BCUT2D eigenvalue weighted by molar-refractivity contribution is -0.122. The summed E-state index contributed by atoms with van der Waals surface area (Å²) in [6.07, 6.45) is 0. The van der Waals surface area contributed by atoms with Crippen molar-refractivity contribution >= 4 is 27.3 Å². The smallest absolute Gasteiger partial charge is 0.241 e. The fourth-order valence-electron chi connectivity index (χ4n) is 1.47. The second kappa shape index (κ2) is 5.97. The fourth-order valence-corrected chi connectivity index (χ4v) is 3.00. The minimum Gasteiger partial charge on any atom is -0.351 e. The first-order valence-corrected chi connectivity index (χ1v) is 7.88. The van der Waals surface area contributed by atoms with Gasteiger partial charge in [-0.15, -0.1) is 0 Å². The number of hydrogen-bond donors (Lipinski definition) is 1. The van der Waals surface area contributed by atoms with Gasteiger partial charge in [-0.2, -0.15) is 0 Å². The van der Waals surface area contributed by atoms with E-state index >= 15 is 0 Å². The number of benzene rings is 1. The molecule has 0 aliphatic rings. The van der Waals surface area contributed by atoms with Crippen LogP contribution in [0.1, 0.15) is 20.8 Å². The number of halogens is 1. The molecule has 6 heteroatoms. The Balaban J connectivity index is 3.09. The Hall–Kier alpha value is -1.33. The van der Waals surface area contributed by atoms with Gasteiger partial charge in [0.1, 0.15) is 4.75 Å². The summed E-state index contributed by atoms with van der Waals surface area (Å²) in [5.41, 5.74) is 0.748. The van der Waals surface area contributed by atoms with Crippen LogP contribution in [0.2, 0.25) is 5.02 Å². The Kier molecular flexibility index (Phi) is 5.00. The second-order valence-electron chi connectivity index (χ2n) is 5.11. The summed E-state index contributed by atoms with van der Waals surface area (Å²) in [5, 5.41) is 3.00. The van der Waals surface area contributed by atoms with Crippen LogP contribution in [-0.4, -0.2) is 25.6 Å². The monoisotopic (exact) mass is 315 g/mol. The molecule has 4 nitrogen and oxygen atoms in total. The molecule has 1 N–H and O–H groups in total. The standard InChI is InChI=1S/C14H18ClNO3S/c1-10(2)9-16-13(17)14(3,4)20(18,19)12-7-5-11(15)6-8-12/h5-8H,1,9H2,2-4H3,(H,16,17). The van der Waals surface area contributed by atoms with Crippen molar-refractivity contribution < 1.29 is 13.2 Å². The molecule has 0 saturated heterocycles. The van der Waals surface area contributed by atoms with Crippen molar-refractivity contribution in [3.8, 4) is 0 Å². The van der Waals surface area contributed by atoms with Crippen LogP contribution in [0.5, 0.6) is 0 Å². The van der Waals surface area contributed by atoms with E-state index < -0.39 is 20.5 Å². The largest absolute Gasteiger partial charge is 0.351 e. The lowest BCUT2D eigenvalue weighted by atomic mass is 10.2. The third-order valence-corrected chi connectivity index (χ3v) is 5.57. The molecule has 1 amide bonds. The van der Waals surface area contributed by atoms with Gasteiger partial charge in [0.15, 0.2) is 9.84 Å². The lowest BCUT2D eigenvalue weighted by Crippen LogP contribution is -2.48. The molecule has 0 fully saturated rings. The number of rotatable bonds is 5. The molecule has 0 aromatic heterocycles. The molecule has 110 valence electrons. The van der Waals surface area contributed by atoms with Crippen LogP contribution >= 0.6 is 11.6 Å². The van der Waals surface area contributed by atoms with Crippen LogP contribution in [0.15, 0.2) is 41.3 Å². The highest BCUT2D eigenvalue weighted by atomic mass is 35.5. The van der Waals surface area contributed by atoms with Gasteiger partial charge < -0.3 is 5.32 Å². The molecule has 0 unspecified atom stereocenters. The zero-order chi connectivity index (χ0) is 15.6. The first kappa shape index (κ1) is 16.7. The van der Waals surface area contributed by atoms with E-state index in [2.05, 4.69) is 11.9 Å². The second-order valence-corrected chi connectivity index (χ2v) is 8.04. The molecule has 1 aromatic carbocycles. The van der Waals surface area contributed by atoms with Gasteiger partial charge >= 0.3 is 0 Å². The topological polar surface area (TPSA) is 63.2 Å². The van der Waals surface area contributed by atoms with Crippen LogP contribution in [-0.2, 0) is 14.6 Å². The summed E-state index contributed by atoms with van der Waals surface area (Å²) in [6.45, 7) is 8.42. The van der Waals surface area contributed by atoms with Crippen molar-refractivity contribution in [2.45, 2.75) is 30.4 Å². The molecule has 0 aliphatic heterocycles. The highest BCUT2D eigenvalue weighted by Crippen LogP contribution is 2.26. The van der Waals surface area contributed by atoms with E-state index in [0.717, 1.165) is 5.57 Å². The first-order chi connectivity index (χ1) is 9.09. The zero-order valence-electron chi connectivity index (χ0n) is 11.7. The van der Waals surface area contributed by atoms with Gasteiger partial charge in [0.2, 0.25) is 5.91 Å². The van der Waals surface area contributed by atoms with Crippen molar-refractivity contribution in [1.82, 2.24) is 5.32 Å². The van der Waals surface area contributed by atoms with Gasteiger partial charge in [0.05, 0.1) is 4.90 Å². The van der Waals surface area contributed by atoms with E-state index in [-0.39, 0.29) is 11.4 Å². The van der Waals surface area contributed by atoms with Crippen LogP contribution in [0, 0.1) is 0 Å².